The second-order valence-corrected chi connectivity index (χ2v) is 5.59. The van der Waals surface area contributed by atoms with Crippen LogP contribution in [0.25, 0.3) is 0 Å². The Morgan fingerprint density at radius 2 is 2.05 bits per heavy atom. The van der Waals surface area contributed by atoms with Crippen LogP contribution in [0.1, 0.15) is 45.4 Å². The number of rotatable bonds is 3. The highest BCUT2D eigenvalue weighted by Gasteiger charge is 2.31. The van der Waals surface area contributed by atoms with Gasteiger partial charge in [-0.3, -0.25) is 4.79 Å². The Hall–Kier alpha value is -2.28. The van der Waals surface area contributed by atoms with Crippen molar-refractivity contribution in [1.29, 1.82) is 0 Å². The Morgan fingerprint density at radius 3 is 2.67 bits per heavy atom. The molecule has 1 atom stereocenters. The minimum Gasteiger partial charge on any atom is -0.476 e. The average Bonchev–Trinajstić information content (AvgIpc) is 3.17. The molecule has 2 aromatic heterocycles. The zero-order valence-electron chi connectivity index (χ0n) is 11.1. The maximum Gasteiger partial charge on any atom is 0.356 e. The van der Waals surface area contributed by atoms with Crippen molar-refractivity contribution in [3.05, 3.63) is 46.2 Å². The minimum absolute atomic E-state index is 0.0738. The third-order valence-electron chi connectivity index (χ3n) is 3.53. The number of carboxylic acid groups (broad SMARTS) is 1. The summed E-state index contributed by atoms with van der Waals surface area (Å²) in [4.78, 5) is 32.7. The molecule has 3 heterocycles. The number of thiophene rings is 1. The maximum atomic E-state index is 12.5. The number of carbonyl (C=O) groups is 2. The van der Waals surface area contributed by atoms with Gasteiger partial charge in [0, 0.05) is 6.54 Å². The zero-order chi connectivity index (χ0) is 14.8. The Morgan fingerprint density at radius 1 is 1.29 bits per heavy atom. The molecule has 6 nitrogen and oxygen atoms in total. The van der Waals surface area contributed by atoms with Crippen LogP contribution in [-0.2, 0) is 0 Å². The molecule has 0 spiro atoms. The first-order chi connectivity index (χ1) is 10.2. The van der Waals surface area contributed by atoms with Gasteiger partial charge in [-0.2, -0.15) is 11.3 Å². The van der Waals surface area contributed by atoms with Crippen LogP contribution >= 0.6 is 11.3 Å². The summed E-state index contributed by atoms with van der Waals surface area (Å²) in [6, 6.07) is 2.10. The van der Waals surface area contributed by atoms with E-state index >= 15 is 0 Å². The van der Waals surface area contributed by atoms with E-state index in [4.69, 9.17) is 5.11 Å². The van der Waals surface area contributed by atoms with Crippen molar-refractivity contribution in [3.8, 4) is 0 Å². The quantitative estimate of drug-likeness (QED) is 0.940. The summed E-state index contributed by atoms with van der Waals surface area (Å²) in [5.41, 5.74) is 1.16. The molecule has 3 rings (SSSR count). The van der Waals surface area contributed by atoms with E-state index < -0.39 is 5.97 Å². The monoisotopic (exact) mass is 303 g/mol. The lowest BCUT2D eigenvalue weighted by Crippen LogP contribution is -2.31. The molecule has 1 N–H and O–H groups in total. The molecule has 108 valence electrons. The molecule has 21 heavy (non-hydrogen) atoms. The number of aromatic carboxylic acids is 1. The number of amides is 1. The van der Waals surface area contributed by atoms with Gasteiger partial charge in [0.1, 0.15) is 5.69 Å². The number of likely N-dealkylation sites (tertiary alicyclic amines) is 1. The molecular weight excluding hydrogens is 290 g/mol. The minimum atomic E-state index is -1.15. The molecule has 1 aliphatic heterocycles. The van der Waals surface area contributed by atoms with Crippen molar-refractivity contribution >= 4 is 23.2 Å². The molecule has 1 fully saturated rings. The van der Waals surface area contributed by atoms with Crippen LogP contribution in [0.5, 0.6) is 0 Å². The van der Waals surface area contributed by atoms with E-state index in [1.807, 2.05) is 11.4 Å². The van der Waals surface area contributed by atoms with Gasteiger partial charge in [0.2, 0.25) is 0 Å². The van der Waals surface area contributed by atoms with Gasteiger partial charge in [-0.05, 0) is 35.2 Å². The van der Waals surface area contributed by atoms with Gasteiger partial charge in [0.25, 0.3) is 5.91 Å². The first-order valence-corrected chi connectivity index (χ1v) is 7.49. The molecule has 0 aromatic carbocycles. The molecule has 7 heteroatoms. The fourth-order valence-electron chi connectivity index (χ4n) is 2.52. The van der Waals surface area contributed by atoms with Crippen LogP contribution in [0.3, 0.4) is 0 Å². The Kier molecular flexibility index (Phi) is 3.66. The summed E-state index contributed by atoms with van der Waals surface area (Å²) in [5, 5.41) is 12.8. The van der Waals surface area contributed by atoms with Crippen molar-refractivity contribution < 1.29 is 14.7 Å². The Balaban J connectivity index is 1.82. The topological polar surface area (TPSA) is 83.4 Å². The number of carboxylic acids is 1. The highest BCUT2D eigenvalue weighted by molar-refractivity contribution is 7.07. The van der Waals surface area contributed by atoms with E-state index in [0.717, 1.165) is 24.6 Å². The van der Waals surface area contributed by atoms with Gasteiger partial charge in [0.05, 0.1) is 18.4 Å². The van der Waals surface area contributed by atoms with E-state index in [0.29, 0.717) is 6.54 Å². The number of hydrogen-bond donors (Lipinski definition) is 1. The zero-order valence-corrected chi connectivity index (χ0v) is 11.9. The number of aromatic nitrogens is 2. The lowest BCUT2D eigenvalue weighted by atomic mass is 10.1. The summed E-state index contributed by atoms with van der Waals surface area (Å²) >= 11 is 1.61. The van der Waals surface area contributed by atoms with Crippen LogP contribution in [0.4, 0.5) is 0 Å². The van der Waals surface area contributed by atoms with E-state index in [1.165, 1.54) is 6.20 Å². The molecule has 1 unspecified atom stereocenters. The third kappa shape index (κ3) is 2.64. The van der Waals surface area contributed by atoms with Gasteiger partial charge >= 0.3 is 5.97 Å². The molecule has 0 bridgehead atoms. The summed E-state index contributed by atoms with van der Waals surface area (Å²) in [6.45, 7) is 0.682. The summed E-state index contributed by atoms with van der Waals surface area (Å²) in [5.74, 6) is -1.35. The van der Waals surface area contributed by atoms with E-state index in [9.17, 15) is 9.59 Å². The van der Waals surface area contributed by atoms with Crippen LogP contribution in [0.15, 0.2) is 29.2 Å². The predicted octanol–water partition coefficient (Wildman–Crippen LogP) is 2.21. The number of nitrogens with zero attached hydrogens (tertiary/aromatic N) is 3. The van der Waals surface area contributed by atoms with Gasteiger partial charge < -0.3 is 10.0 Å². The second kappa shape index (κ2) is 5.61. The lowest BCUT2D eigenvalue weighted by Gasteiger charge is -2.23. The smallest absolute Gasteiger partial charge is 0.356 e. The van der Waals surface area contributed by atoms with Gasteiger partial charge in [-0.25, -0.2) is 14.8 Å². The molecular formula is C14H13N3O3S. The van der Waals surface area contributed by atoms with E-state index in [1.54, 1.807) is 16.2 Å². The van der Waals surface area contributed by atoms with E-state index in [-0.39, 0.29) is 23.3 Å². The molecule has 2 aromatic rings. The van der Waals surface area contributed by atoms with Crippen molar-refractivity contribution in [1.82, 2.24) is 14.9 Å². The first-order valence-electron chi connectivity index (χ1n) is 6.55. The second-order valence-electron chi connectivity index (χ2n) is 4.81. The molecule has 1 amide bonds. The van der Waals surface area contributed by atoms with Crippen LogP contribution in [0.2, 0.25) is 0 Å². The van der Waals surface area contributed by atoms with Crippen LogP contribution in [0, 0.1) is 0 Å². The average molecular weight is 303 g/mol. The van der Waals surface area contributed by atoms with Crippen molar-refractivity contribution in [3.63, 3.8) is 0 Å². The SMILES string of the molecule is O=C(O)c1cnc(C(=O)N2CCCC2c2ccsc2)cn1. The molecule has 0 radical (unpaired) electrons. The molecule has 1 aliphatic rings. The summed E-state index contributed by atoms with van der Waals surface area (Å²) < 4.78 is 0. The normalized spacial score (nSPS) is 17.9. The summed E-state index contributed by atoms with van der Waals surface area (Å²) in [6.07, 6.45) is 4.23. The Bertz CT molecular complexity index is 655. The van der Waals surface area contributed by atoms with Crippen LogP contribution < -0.4 is 0 Å². The fourth-order valence-corrected chi connectivity index (χ4v) is 3.22. The highest BCUT2D eigenvalue weighted by Crippen LogP contribution is 2.33. The van der Waals surface area contributed by atoms with Gasteiger partial charge in [0.15, 0.2) is 5.69 Å². The van der Waals surface area contributed by atoms with Crippen molar-refractivity contribution in [2.45, 2.75) is 18.9 Å². The van der Waals surface area contributed by atoms with E-state index in [2.05, 4.69) is 15.3 Å². The summed E-state index contributed by atoms with van der Waals surface area (Å²) in [7, 11) is 0. The molecule has 0 aliphatic carbocycles. The van der Waals surface area contributed by atoms with Gasteiger partial charge in [-0.1, -0.05) is 0 Å². The molecule has 0 saturated carbocycles. The first kappa shape index (κ1) is 13.7. The number of hydrogen-bond acceptors (Lipinski definition) is 5. The van der Waals surface area contributed by atoms with Gasteiger partial charge in [-0.15, -0.1) is 0 Å². The predicted molar refractivity (Wildman–Crippen MR) is 76.3 cm³/mol. The van der Waals surface area contributed by atoms with Crippen LogP contribution in [-0.4, -0.2) is 38.4 Å². The highest BCUT2D eigenvalue weighted by atomic mass is 32.1. The lowest BCUT2D eigenvalue weighted by molar-refractivity contribution is 0.0683. The van der Waals surface area contributed by atoms with Crippen molar-refractivity contribution in [2.24, 2.45) is 0 Å². The largest absolute Gasteiger partial charge is 0.476 e. The molecule has 1 saturated heterocycles. The number of carbonyl (C=O) groups excluding carboxylic acids is 1. The fraction of sp³-hybridized carbons (Fsp3) is 0.286. The Labute approximate surface area is 125 Å². The standard InChI is InChI=1S/C14H13N3O3S/c18-13(10-6-16-11(7-15-10)14(19)20)17-4-1-2-12(17)9-3-5-21-8-9/h3,5-8,12H,1-2,4H2,(H,19,20). The maximum absolute atomic E-state index is 12.5. The third-order valence-corrected chi connectivity index (χ3v) is 4.23. The van der Waals surface area contributed by atoms with Crippen molar-refractivity contribution in [2.75, 3.05) is 6.54 Å².